The Morgan fingerprint density at radius 1 is 1.43 bits per heavy atom. The van der Waals surface area contributed by atoms with Crippen LogP contribution in [0.25, 0.3) is 0 Å². The van der Waals surface area contributed by atoms with Gasteiger partial charge in [0.2, 0.25) is 5.34 Å². The lowest BCUT2D eigenvalue weighted by Gasteiger charge is -2.08. The van der Waals surface area contributed by atoms with Crippen LogP contribution in [0.1, 0.15) is 0 Å². The highest BCUT2D eigenvalue weighted by Crippen LogP contribution is 1.74. The molecule has 0 rings (SSSR count). The van der Waals surface area contributed by atoms with Crippen LogP contribution in [0.4, 0.5) is 0 Å². The summed E-state index contributed by atoms with van der Waals surface area (Å²) in [6.45, 7) is 0. The number of hydrogen-bond acceptors (Lipinski definition) is 6. The van der Waals surface area contributed by atoms with E-state index < -0.39 is 4.97 Å². The predicted octanol–water partition coefficient (Wildman–Crippen LogP) is -1.96. The van der Waals surface area contributed by atoms with E-state index in [9.17, 15) is 0 Å². The van der Waals surface area contributed by atoms with Gasteiger partial charge < -0.3 is 0 Å². The summed E-state index contributed by atoms with van der Waals surface area (Å²) in [5.41, 5.74) is 0. The molecule has 0 aliphatic rings. The van der Waals surface area contributed by atoms with E-state index in [4.69, 9.17) is 4.91 Å². The van der Waals surface area contributed by atoms with Crippen LogP contribution >= 0.6 is 0 Å². The maximum absolute atomic E-state index is 9.09. The molecule has 0 aliphatic carbocycles. The van der Waals surface area contributed by atoms with E-state index in [1.165, 1.54) is 0 Å². The summed E-state index contributed by atoms with van der Waals surface area (Å²) in [5, 5.41) is 1.85. The molecule has 0 unspecified atom stereocenters. The van der Waals surface area contributed by atoms with Crippen LogP contribution in [0.15, 0.2) is 5.34 Å². The van der Waals surface area contributed by atoms with E-state index in [2.05, 4.69) is 22.5 Å². The third-order valence-electron chi connectivity index (χ3n) is 0.175. The highest BCUT2D eigenvalue weighted by atomic mass is 16.9. The smallest absolute Gasteiger partial charge is 0.100 e. The number of hydrogen-bond donors (Lipinski definition) is 3. The maximum Gasteiger partial charge on any atom is 0.220 e. The summed E-state index contributed by atoms with van der Waals surface area (Å²) < 4.78 is 0. The zero-order valence-corrected chi connectivity index (χ0v) is 3.44. The molecule has 0 radical (unpaired) electrons. The number of rotatable bonds is 2. The van der Waals surface area contributed by atoms with Crippen molar-refractivity contribution in [2.75, 3.05) is 0 Å². The highest BCUT2D eigenvalue weighted by molar-refractivity contribution is 3.87. The molecule has 7 heteroatoms. The largest absolute Gasteiger partial charge is 0.220 e. The first-order valence-electron chi connectivity index (χ1n) is 1.32. The topological polar surface area (TPSA) is 117 Å². The Labute approximate surface area is 39.0 Å². The average Bonchev–Trinajstić information content (AvgIpc) is 1.30. The van der Waals surface area contributed by atoms with Crippen molar-refractivity contribution in [3.63, 3.8) is 0 Å². The second-order valence-corrected chi connectivity index (χ2v) is 0.920. The Hall–Kier alpha value is -0.760. The lowest BCUT2D eigenvalue weighted by molar-refractivity contribution is -1.14. The lowest BCUT2D eigenvalue weighted by Crippen LogP contribution is -2.64. The van der Waals surface area contributed by atoms with E-state index in [-0.39, 0.29) is 0 Å². The molecule has 0 fully saturated rings. The first-order chi connectivity index (χ1) is 3.06. The summed E-state index contributed by atoms with van der Waals surface area (Å²) in [4.78, 5) is 11.3. The second-order valence-electron chi connectivity index (χ2n) is 0.920. The van der Waals surface area contributed by atoms with Crippen molar-refractivity contribution in [3.8, 4) is 0 Å². The molecule has 0 aromatic rings. The van der Waals surface area contributed by atoms with E-state index in [0.29, 0.717) is 0 Å². The fraction of sp³-hybridized carbons (Fsp3) is 0. The standard InChI is InChI=1S/H6N5O2/c1-5(2,3)7-4-6/h1-3H2/q+1. The Morgan fingerprint density at radius 3 is 1.86 bits per heavy atom. The monoisotopic (exact) mass is 108 g/mol. The predicted molar refractivity (Wildman–Crippen MR) is 19.7 cm³/mol. The quantitative estimate of drug-likeness (QED) is 0.164. The molecular formula is H6N5O2+. The summed E-state index contributed by atoms with van der Waals surface area (Å²) in [5.74, 6) is 13.9. The van der Waals surface area contributed by atoms with Gasteiger partial charge in [0.25, 0.3) is 0 Å². The zero-order valence-electron chi connectivity index (χ0n) is 3.44. The lowest BCUT2D eigenvalue weighted by atomic mass is 12.1. The van der Waals surface area contributed by atoms with Crippen molar-refractivity contribution in [2.45, 2.75) is 0 Å². The van der Waals surface area contributed by atoms with Crippen molar-refractivity contribution in [3.05, 3.63) is 4.91 Å². The number of nitrogens with zero attached hydrogens (tertiary/aromatic N) is 2. The van der Waals surface area contributed by atoms with E-state index >= 15 is 0 Å². The van der Waals surface area contributed by atoms with Crippen LogP contribution in [0.2, 0.25) is 0 Å². The van der Waals surface area contributed by atoms with E-state index in [0.717, 1.165) is 0 Å². The molecule has 7 nitrogen and oxygen atoms in total. The molecule has 6 N–H and O–H groups in total. The zero-order chi connectivity index (χ0) is 5.91. The van der Waals surface area contributed by atoms with Gasteiger partial charge in [0.05, 0.1) is 0 Å². The fourth-order valence-electron chi connectivity index (χ4n) is 0.0577. The first kappa shape index (κ1) is 6.24. The van der Waals surface area contributed by atoms with Gasteiger partial charge in [-0.2, -0.15) is 0 Å². The molecule has 0 saturated heterocycles. The molecule has 0 aromatic heterocycles. The summed E-state index contributed by atoms with van der Waals surface area (Å²) in [6.07, 6.45) is 0. The molecule has 0 aliphatic heterocycles. The van der Waals surface area contributed by atoms with Crippen LogP contribution in [-0.4, -0.2) is 4.97 Å². The average molecular weight is 108 g/mol. The van der Waals surface area contributed by atoms with Crippen molar-refractivity contribution in [1.82, 2.24) is 0 Å². The van der Waals surface area contributed by atoms with Gasteiger partial charge in [-0.25, -0.2) is 0 Å². The fourth-order valence-corrected chi connectivity index (χ4v) is 0.0577. The van der Waals surface area contributed by atoms with Gasteiger partial charge in [0.15, 0.2) is 0 Å². The second kappa shape index (κ2) is 1.80. The summed E-state index contributed by atoms with van der Waals surface area (Å²) >= 11 is 0. The van der Waals surface area contributed by atoms with Crippen LogP contribution in [-0.2, 0) is 4.94 Å². The third-order valence-corrected chi connectivity index (χ3v) is 0.175. The van der Waals surface area contributed by atoms with Gasteiger partial charge in [-0.05, 0) is 0 Å². The molecule has 0 saturated carbocycles. The Kier molecular flexibility index (Phi) is 1.60. The molecule has 0 aromatic carbocycles. The molecule has 0 bridgehead atoms. The van der Waals surface area contributed by atoms with Crippen LogP contribution < -0.4 is 17.5 Å². The van der Waals surface area contributed by atoms with Gasteiger partial charge in [-0.15, -0.1) is 4.91 Å². The molecule has 0 atom stereocenters. The van der Waals surface area contributed by atoms with E-state index in [1.54, 1.807) is 0 Å². The van der Waals surface area contributed by atoms with Crippen LogP contribution in [0.3, 0.4) is 0 Å². The van der Waals surface area contributed by atoms with Crippen molar-refractivity contribution < 1.29 is 9.91 Å². The summed E-state index contributed by atoms with van der Waals surface area (Å²) in [7, 11) is 0. The molecular weight excluding hydrogens is 102 g/mol. The third kappa shape index (κ3) is 5.24. The molecule has 42 valence electrons. The minimum Gasteiger partial charge on any atom is -0.100 e. The minimum atomic E-state index is -1.39. The van der Waals surface area contributed by atoms with Gasteiger partial charge in [-0.3, -0.25) is 0 Å². The van der Waals surface area contributed by atoms with Gasteiger partial charge >= 0.3 is 0 Å². The Morgan fingerprint density at radius 2 is 1.86 bits per heavy atom. The SMILES string of the molecule is N[N+](N)(N)ON=O. The number of nitrogens with two attached hydrogens (primary N) is 3. The van der Waals surface area contributed by atoms with Gasteiger partial charge in [0.1, 0.15) is 4.97 Å². The Balaban J connectivity index is 3.34. The van der Waals surface area contributed by atoms with E-state index in [1.807, 2.05) is 5.34 Å². The number of quaternary nitrogens is 1. The van der Waals surface area contributed by atoms with Gasteiger partial charge in [0, 0.05) is 0 Å². The Bertz CT molecular complexity index is 61.0. The minimum absolute atomic E-state index is 1.39. The van der Waals surface area contributed by atoms with Crippen LogP contribution in [0, 0.1) is 4.91 Å². The molecule has 7 heavy (non-hydrogen) atoms. The van der Waals surface area contributed by atoms with Gasteiger partial charge in [-0.1, -0.05) is 22.5 Å². The first-order valence-corrected chi connectivity index (χ1v) is 1.32. The van der Waals surface area contributed by atoms with Crippen molar-refractivity contribution in [1.29, 1.82) is 0 Å². The highest BCUT2D eigenvalue weighted by Gasteiger charge is 2.10. The van der Waals surface area contributed by atoms with Crippen molar-refractivity contribution >= 4 is 0 Å². The molecule has 0 spiro atoms. The molecule has 0 amide bonds. The van der Waals surface area contributed by atoms with Crippen molar-refractivity contribution in [2.24, 2.45) is 22.9 Å². The molecule has 0 heterocycles. The van der Waals surface area contributed by atoms with Crippen LogP contribution in [0.5, 0.6) is 0 Å². The maximum atomic E-state index is 9.09. The summed E-state index contributed by atoms with van der Waals surface area (Å²) in [6, 6.07) is 0. The normalized spacial score (nSPS) is 10.7.